The fourth-order valence-corrected chi connectivity index (χ4v) is 4.85. The highest BCUT2D eigenvalue weighted by atomic mass is 79.9. The van der Waals surface area contributed by atoms with Crippen molar-refractivity contribution in [2.75, 3.05) is 0 Å². The van der Waals surface area contributed by atoms with Crippen LogP contribution >= 0.6 is 43.2 Å². The number of halogens is 2. The van der Waals surface area contributed by atoms with Gasteiger partial charge in [-0.25, -0.2) is 0 Å². The first-order chi connectivity index (χ1) is 9.02. The molecule has 102 valence electrons. The summed E-state index contributed by atoms with van der Waals surface area (Å²) < 4.78 is 1.99. The smallest absolute Gasteiger partial charge is 0.106 e. The highest BCUT2D eigenvalue weighted by Gasteiger charge is 2.16. The Kier molecular flexibility index (Phi) is 5.23. The van der Waals surface area contributed by atoms with Gasteiger partial charge >= 0.3 is 0 Å². The number of rotatable bonds is 4. The van der Waals surface area contributed by atoms with Crippen molar-refractivity contribution in [1.82, 2.24) is 0 Å². The molecule has 0 aliphatic carbocycles. The number of thiophene rings is 1. The molecule has 0 amide bonds. The van der Waals surface area contributed by atoms with Crippen LogP contribution in [0.25, 0.3) is 0 Å². The van der Waals surface area contributed by atoms with Gasteiger partial charge in [-0.05, 0) is 61.4 Å². The molecule has 19 heavy (non-hydrogen) atoms. The van der Waals surface area contributed by atoms with Gasteiger partial charge in [0.25, 0.3) is 0 Å². The second-order valence-electron chi connectivity index (χ2n) is 4.66. The number of aliphatic hydroxyl groups is 1. The number of hydrogen-bond donors (Lipinski definition) is 1. The SMILES string of the molecule is CCC(C)c1ccc(C(O)c2cc(Br)sc2Br)cc1. The summed E-state index contributed by atoms with van der Waals surface area (Å²) in [6.07, 6.45) is 0.549. The van der Waals surface area contributed by atoms with Crippen LogP contribution < -0.4 is 0 Å². The van der Waals surface area contributed by atoms with Gasteiger partial charge in [0, 0.05) is 5.56 Å². The fraction of sp³-hybridized carbons (Fsp3) is 0.333. The Morgan fingerprint density at radius 3 is 2.21 bits per heavy atom. The summed E-state index contributed by atoms with van der Waals surface area (Å²) in [5.74, 6) is 0.563. The van der Waals surface area contributed by atoms with Gasteiger partial charge in [0.1, 0.15) is 6.10 Å². The van der Waals surface area contributed by atoms with Crippen LogP contribution in [0.4, 0.5) is 0 Å². The summed E-state index contributed by atoms with van der Waals surface area (Å²) >= 11 is 8.51. The molecule has 0 aliphatic heterocycles. The molecule has 0 saturated carbocycles. The molecule has 0 aliphatic rings. The quantitative estimate of drug-likeness (QED) is 0.676. The summed E-state index contributed by atoms with van der Waals surface area (Å²) in [4.78, 5) is 0. The van der Waals surface area contributed by atoms with E-state index in [-0.39, 0.29) is 0 Å². The molecule has 1 nitrogen and oxygen atoms in total. The average molecular weight is 404 g/mol. The van der Waals surface area contributed by atoms with E-state index in [0.717, 1.165) is 25.1 Å². The molecule has 2 unspecified atom stereocenters. The van der Waals surface area contributed by atoms with Gasteiger partial charge in [-0.3, -0.25) is 0 Å². The number of benzene rings is 1. The monoisotopic (exact) mass is 402 g/mol. The van der Waals surface area contributed by atoms with Crippen LogP contribution in [-0.2, 0) is 0 Å². The lowest BCUT2D eigenvalue weighted by Crippen LogP contribution is -1.99. The van der Waals surface area contributed by atoms with Gasteiger partial charge in [-0.15, -0.1) is 11.3 Å². The number of aliphatic hydroxyl groups excluding tert-OH is 1. The van der Waals surface area contributed by atoms with Crippen molar-refractivity contribution < 1.29 is 5.11 Å². The highest BCUT2D eigenvalue weighted by Crippen LogP contribution is 2.38. The fourth-order valence-electron chi connectivity index (χ4n) is 1.96. The zero-order valence-corrected chi connectivity index (χ0v) is 14.8. The second-order valence-corrected chi connectivity index (χ2v) is 8.41. The van der Waals surface area contributed by atoms with Crippen molar-refractivity contribution in [2.45, 2.75) is 32.3 Å². The van der Waals surface area contributed by atoms with Gasteiger partial charge in [0.05, 0.1) is 7.57 Å². The molecule has 2 atom stereocenters. The summed E-state index contributed by atoms with van der Waals surface area (Å²) in [6, 6.07) is 10.2. The lowest BCUT2D eigenvalue weighted by Gasteiger charge is -2.13. The normalized spacial score (nSPS) is 14.4. The van der Waals surface area contributed by atoms with Crippen molar-refractivity contribution in [2.24, 2.45) is 0 Å². The van der Waals surface area contributed by atoms with E-state index < -0.39 is 6.10 Å². The van der Waals surface area contributed by atoms with E-state index in [1.54, 1.807) is 11.3 Å². The van der Waals surface area contributed by atoms with E-state index in [0.29, 0.717) is 5.92 Å². The molecule has 0 fully saturated rings. The van der Waals surface area contributed by atoms with Gasteiger partial charge in [-0.1, -0.05) is 38.1 Å². The molecular weight excluding hydrogens is 388 g/mol. The zero-order chi connectivity index (χ0) is 14.0. The van der Waals surface area contributed by atoms with Crippen LogP contribution in [0.15, 0.2) is 37.9 Å². The lowest BCUT2D eigenvalue weighted by molar-refractivity contribution is 0.220. The zero-order valence-electron chi connectivity index (χ0n) is 10.9. The minimum atomic E-state index is -0.581. The molecule has 0 bridgehead atoms. The predicted octanol–water partition coefficient (Wildman–Crippen LogP) is 5.87. The van der Waals surface area contributed by atoms with Crippen LogP contribution in [0.5, 0.6) is 0 Å². The summed E-state index contributed by atoms with van der Waals surface area (Å²) in [7, 11) is 0. The Labute approximate surface area is 134 Å². The third kappa shape index (κ3) is 3.48. The molecule has 0 saturated heterocycles. The molecule has 1 N–H and O–H groups in total. The minimum Gasteiger partial charge on any atom is -0.384 e. The molecular formula is C15H16Br2OS. The number of hydrogen-bond acceptors (Lipinski definition) is 2. The Morgan fingerprint density at radius 1 is 1.16 bits per heavy atom. The average Bonchev–Trinajstić information content (AvgIpc) is 2.76. The van der Waals surface area contributed by atoms with E-state index in [1.165, 1.54) is 5.56 Å². The van der Waals surface area contributed by atoms with Crippen molar-refractivity contribution in [3.8, 4) is 0 Å². The van der Waals surface area contributed by atoms with Crippen LogP contribution in [0, 0.1) is 0 Å². The standard InChI is InChI=1S/C15H16Br2OS/c1-3-9(2)10-4-6-11(7-5-10)14(18)12-8-13(16)19-15(12)17/h4-9,14,18H,3H2,1-2H3. The maximum absolute atomic E-state index is 10.4. The first-order valence-electron chi connectivity index (χ1n) is 6.25. The first kappa shape index (κ1) is 15.2. The van der Waals surface area contributed by atoms with Gasteiger partial charge in [0.2, 0.25) is 0 Å². The Bertz CT molecular complexity index is 548. The van der Waals surface area contributed by atoms with Crippen LogP contribution in [0.1, 0.15) is 49.0 Å². The predicted molar refractivity (Wildman–Crippen MR) is 88.9 cm³/mol. The van der Waals surface area contributed by atoms with Crippen molar-refractivity contribution in [1.29, 1.82) is 0 Å². The lowest BCUT2D eigenvalue weighted by atomic mass is 9.95. The molecule has 1 heterocycles. The minimum absolute atomic E-state index is 0.563. The van der Waals surface area contributed by atoms with E-state index in [4.69, 9.17) is 0 Å². The second kappa shape index (κ2) is 6.53. The van der Waals surface area contributed by atoms with E-state index in [2.05, 4.69) is 57.8 Å². The van der Waals surface area contributed by atoms with Crippen molar-refractivity contribution in [3.63, 3.8) is 0 Å². The van der Waals surface area contributed by atoms with E-state index >= 15 is 0 Å². The van der Waals surface area contributed by atoms with E-state index in [1.807, 2.05) is 18.2 Å². The van der Waals surface area contributed by atoms with Crippen molar-refractivity contribution in [3.05, 3.63) is 54.6 Å². The van der Waals surface area contributed by atoms with Gasteiger partial charge in [-0.2, -0.15) is 0 Å². The molecule has 2 aromatic rings. The summed E-state index contributed by atoms with van der Waals surface area (Å²) in [5, 5.41) is 10.4. The first-order valence-corrected chi connectivity index (χ1v) is 8.65. The largest absolute Gasteiger partial charge is 0.384 e. The van der Waals surface area contributed by atoms with Crippen LogP contribution in [0.2, 0.25) is 0 Å². The van der Waals surface area contributed by atoms with Gasteiger partial charge in [0.15, 0.2) is 0 Å². The molecule has 0 spiro atoms. The topological polar surface area (TPSA) is 20.2 Å². The molecule has 1 aromatic heterocycles. The van der Waals surface area contributed by atoms with Gasteiger partial charge < -0.3 is 5.11 Å². The van der Waals surface area contributed by atoms with E-state index in [9.17, 15) is 5.11 Å². The third-order valence-corrected chi connectivity index (χ3v) is 5.80. The van der Waals surface area contributed by atoms with Crippen molar-refractivity contribution >= 4 is 43.2 Å². The maximum atomic E-state index is 10.4. The third-order valence-electron chi connectivity index (χ3n) is 3.41. The highest BCUT2D eigenvalue weighted by molar-refractivity contribution is 9.12. The Hall–Kier alpha value is -0.160. The van der Waals surface area contributed by atoms with Crippen LogP contribution in [0.3, 0.4) is 0 Å². The molecule has 4 heteroatoms. The summed E-state index contributed by atoms with van der Waals surface area (Å²) in [5.41, 5.74) is 3.16. The van der Waals surface area contributed by atoms with Crippen LogP contribution in [-0.4, -0.2) is 5.11 Å². The Balaban J connectivity index is 2.25. The molecule has 0 radical (unpaired) electrons. The molecule has 2 rings (SSSR count). The summed E-state index contributed by atoms with van der Waals surface area (Å²) in [6.45, 7) is 4.41. The molecule has 1 aromatic carbocycles. The Morgan fingerprint density at radius 2 is 1.74 bits per heavy atom. The maximum Gasteiger partial charge on any atom is 0.106 e.